The highest BCUT2D eigenvalue weighted by molar-refractivity contribution is 6.33. The number of nitrogens with one attached hydrogen (secondary N) is 2. The average molecular weight is 332 g/mol. The van der Waals surface area contributed by atoms with Crippen molar-refractivity contribution in [2.24, 2.45) is 5.10 Å². The van der Waals surface area contributed by atoms with Crippen LogP contribution in [0.4, 0.5) is 5.69 Å². The molecular formula is C17H18ClN3O2. The number of ether oxygens (including phenoxy) is 1. The summed E-state index contributed by atoms with van der Waals surface area (Å²) in [5.74, 6) is 0.521. The molecule has 2 N–H and O–H groups in total. The Bertz CT molecular complexity index is 699. The van der Waals surface area contributed by atoms with Crippen LogP contribution in [0.25, 0.3) is 0 Å². The monoisotopic (exact) mass is 331 g/mol. The molecule has 0 atom stereocenters. The number of anilines is 1. The molecule has 2 aromatic carbocycles. The van der Waals surface area contributed by atoms with Crippen LogP contribution in [0.1, 0.15) is 12.5 Å². The largest absolute Gasteiger partial charge is 0.497 e. The molecule has 0 aliphatic carbocycles. The lowest BCUT2D eigenvalue weighted by Gasteiger charge is -2.07. The van der Waals surface area contributed by atoms with Crippen molar-refractivity contribution in [3.63, 3.8) is 0 Å². The Kier molecular flexibility index (Phi) is 6.00. The lowest BCUT2D eigenvalue weighted by atomic mass is 10.1. The molecule has 5 nitrogen and oxygen atoms in total. The Morgan fingerprint density at radius 2 is 1.87 bits per heavy atom. The van der Waals surface area contributed by atoms with Crippen LogP contribution in [0, 0.1) is 0 Å². The summed E-state index contributed by atoms with van der Waals surface area (Å²) < 4.78 is 5.10. The van der Waals surface area contributed by atoms with E-state index in [9.17, 15) is 4.79 Å². The third kappa shape index (κ3) is 5.00. The maximum absolute atomic E-state index is 11.8. The lowest BCUT2D eigenvalue weighted by Crippen LogP contribution is -2.26. The van der Waals surface area contributed by atoms with Crippen molar-refractivity contribution in [3.05, 3.63) is 59.1 Å². The number of amides is 1. The average Bonchev–Trinajstić information content (AvgIpc) is 2.59. The number of benzene rings is 2. The minimum absolute atomic E-state index is 0.0864. The Morgan fingerprint density at radius 1 is 1.17 bits per heavy atom. The summed E-state index contributed by atoms with van der Waals surface area (Å²) in [6.07, 6.45) is 0. The van der Waals surface area contributed by atoms with Crippen molar-refractivity contribution in [2.75, 3.05) is 19.0 Å². The number of carbonyl (C=O) groups excluding carboxylic acids is 1. The fourth-order valence-corrected chi connectivity index (χ4v) is 2.07. The maximum Gasteiger partial charge on any atom is 0.259 e. The number of nitrogens with zero attached hydrogens (tertiary/aromatic N) is 1. The van der Waals surface area contributed by atoms with Gasteiger partial charge in [0.2, 0.25) is 0 Å². The Morgan fingerprint density at radius 3 is 2.52 bits per heavy atom. The molecule has 6 heteroatoms. The van der Waals surface area contributed by atoms with Crippen LogP contribution in [-0.2, 0) is 4.79 Å². The first kappa shape index (κ1) is 16.8. The van der Waals surface area contributed by atoms with E-state index in [0.29, 0.717) is 16.4 Å². The van der Waals surface area contributed by atoms with E-state index in [2.05, 4.69) is 15.8 Å². The first-order valence-corrected chi connectivity index (χ1v) is 7.44. The number of halogens is 1. The van der Waals surface area contributed by atoms with Crippen LogP contribution in [0.5, 0.6) is 5.75 Å². The normalized spacial score (nSPS) is 11.0. The summed E-state index contributed by atoms with van der Waals surface area (Å²) in [5, 5.41) is 7.62. The molecule has 23 heavy (non-hydrogen) atoms. The number of hydrogen-bond donors (Lipinski definition) is 2. The Labute approximate surface area is 140 Å². The van der Waals surface area contributed by atoms with Gasteiger partial charge in [0.25, 0.3) is 5.91 Å². The lowest BCUT2D eigenvalue weighted by molar-refractivity contribution is -0.119. The molecule has 0 radical (unpaired) electrons. The van der Waals surface area contributed by atoms with Gasteiger partial charge in [-0.15, -0.1) is 0 Å². The topological polar surface area (TPSA) is 62.7 Å². The smallest absolute Gasteiger partial charge is 0.259 e. The summed E-state index contributed by atoms with van der Waals surface area (Å²) in [4.78, 5) is 11.8. The van der Waals surface area contributed by atoms with Gasteiger partial charge in [0, 0.05) is 0 Å². The van der Waals surface area contributed by atoms with E-state index in [1.807, 2.05) is 49.4 Å². The van der Waals surface area contributed by atoms with Crippen LogP contribution in [-0.4, -0.2) is 25.3 Å². The number of methoxy groups -OCH3 is 1. The van der Waals surface area contributed by atoms with Crippen LogP contribution in [0.15, 0.2) is 53.6 Å². The van der Waals surface area contributed by atoms with Gasteiger partial charge in [0.1, 0.15) is 5.75 Å². The van der Waals surface area contributed by atoms with Crippen molar-refractivity contribution < 1.29 is 9.53 Å². The molecule has 0 fully saturated rings. The molecule has 0 heterocycles. The molecule has 0 saturated heterocycles. The quantitative estimate of drug-likeness (QED) is 0.630. The second-order valence-electron chi connectivity index (χ2n) is 4.79. The summed E-state index contributed by atoms with van der Waals surface area (Å²) in [7, 11) is 1.61. The van der Waals surface area contributed by atoms with Gasteiger partial charge in [-0.2, -0.15) is 5.10 Å². The summed E-state index contributed by atoms with van der Waals surface area (Å²) >= 11 is 6.01. The van der Waals surface area contributed by atoms with Gasteiger partial charge in [0.15, 0.2) is 0 Å². The molecule has 0 saturated carbocycles. The molecule has 120 valence electrons. The van der Waals surface area contributed by atoms with Crippen LogP contribution in [0.2, 0.25) is 5.02 Å². The molecule has 1 amide bonds. The van der Waals surface area contributed by atoms with Gasteiger partial charge < -0.3 is 10.1 Å². The van der Waals surface area contributed by atoms with Crippen molar-refractivity contribution >= 4 is 28.9 Å². The van der Waals surface area contributed by atoms with Crippen molar-refractivity contribution in [1.29, 1.82) is 0 Å². The zero-order chi connectivity index (χ0) is 16.7. The highest BCUT2D eigenvalue weighted by atomic mass is 35.5. The molecule has 0 aliphatic rings. The minimum atomic E-state index is -0.252. The van der Waals surface area contributed by atoms with Gasteiger partial charge in [-0.1, -0.05) is 23.7 Å². The maximum atomic E-state index is 11.8. The predicted molar refractivity (Wildman–Crippen MR) is 93.3 cm³/mol. The second-order valence-corrected chi connectivity index (χ2v) is 5.20. The standard InChI is InChI=1S/C17H18ClN3O2/c1-12(13-7-9-14(23-2)10-8-13)20-21-17(22)11-19-16-6-4-3-5-15(16)18/h3-10,19H,11H2,1-2H3,(H,21,22). The van der Waals surface area contributed by atoms with Crippen LogP contribution >= 0.6 is 11.6 Å². The third-order valence-electron chi connectivity index (χ3n) is 3.17. The second kappa shape index (κ2) is 8.19. The first-order valence-electron chi connectivity index (χ1n) is 7.06. The van der Waals surface area contributed by atoms with E-state index in [1.54, 1.807) is 13.2 Å². The van der Waals surface area contributed by atoms with E-state index < -0.39 is 0 Å². The Balaban J connectivity index is 1.88. The van der Waals surface area contributed by atoms with E-state index in [4.69, 9.17) is 16.3 Å². The zero-order valence-electron chi connectivity index (χ0n) is 13.0. The third-order valence-corrected chi connectivity index (χ3v) is 3.50. The van der Waals surface area contributed by atoms with E-state index in [0.717, 1.165) is 11.3 Å². The van der Waals surface area contributed by atoms with Crippen molar-refractivity contribution in [3.8, 4) is 5.75 Å². The van der Waals surface area contributed by atoms with Gasteiger partial charge >= 0.3 is 0 Å². The molecule has 0 aliphatic heterocycles. The summed E-state index contributed by atoms with van der Waals surface area (Å²) in [5.41, 5.74) is 4.83. The van der Waals surface area contributed by atoms with Gasteiger partial charge in [-0.3, -0.25) is 4.79 Å². The SMILES string of the molecule is COc1ccc(C(C)=NNC(=O)CNc2ccccc2Cl)cc1. The van der Waals surface area contributed by atoms with Crippen molar-refractivity contribution in [1.82, 2.24) is 5.43 Å². The molecule has 0 spiro atoms. The number of hydrazone groups is 1. The highest BCUT2D eigenvalue weighted by Crippen LogP contribution is 2.19. The van der Waals surface area contributed by atoms with Gasteiger partial charge in [-0.05, 0) is 48.9 Å². The minimum Gasteiger partial charge on any atom is -0.497 e. The predicted octanol–water partition coefficient (Wildman–Crippen LogP) is 3.30. The van der Waals surface area contributed by atoms with E-state index in [-0.39, 0.29) is 12.5 Å². The van der Waals surface area contributed by atoms with Crippen molar-refractivity contribution in [2.45, 2.75) is 6.92 Å². The van der Waals surface area contributed by atoms with E-state index >= 15 is 0 Å². The molecular weight excluding hydrogens is 314 g/mol. The van der Waals surface area contributed by atoms with E-state index in [1.165, 1.54) is 0 Å². The van der Waals surface area contributed by atoms with Gasteiger partial charge in [0.05, 0.1) is 30.1 Å². The molecule has 0 unspecified atom stereocenters. The summed E-state index contributed by atoms with van der Waals surface area (Å²) in [6.45, 7) is 1.91. The Hall–Kier alpha value is -2.53. The highest BCUT2D eigenvalue weighted by Gasteiger charge is 2.03. The van der Waals surface area contributed by atoms with Crippen LogP contribution < -0.4 is 15.5 Å². The fraction of sp³-hybridized carbons (Fsp3) is 0.176. The van der Waals surface area contributed by atoms with Crippen LogP contribution in [0.3, 0.4) is 0 Å². The van der Waals surface area contributed by atoms with Gasteiger partial charge in [-0.25, -0.2) is 5.43 Å². The summed E-state index contributed by atoms with van der Waals surface area (Å²) in [6, 6.07) is 14.7. The molecule has 2 aromatic rings. The zero-order valence-corrected chi connectivity index (χ0v) is 13.7. The number of para-hydroxylation sites is 1. The molecule has 0 aromatic heterocycles. The first-order chi connectivity index (χ1) is 11.1. The number of carbonyl (C=O) groups is 1. The number of hydrogen-bond acceptors (Lipinski definition) is 4. The number of rotatable bonds is 6. The molecule has 2 rings (SSSR count). The molecule has 0 bridgehead atoms. The fourth-order valence-electron chi connectivity index (χ4n) is 1.86.